The van der Waals surface area contributed by atoms with E-state index in [9.17, 15) is 4.79 Å². The number of ketones is 1. The summed E-state index contributed by atoms with van der Waals surface area (Å²) in [5.41, 5.74) is 0. The molecule has 282 valence electrons. The molecule has 0 atom stereocenters. The number of carbonyl (C=O) groups is 1. The lowest BCUT2D eigenvalue weighted by molar-refractivity contribution is -0.126. The van der Waals surface area contributed by atoms with Crippen LogP contribution in [0.5, 0.6) is 0 Å². The van der Waals surface area contributed by atoms with Crippen molar-refractivity contribution >= 4 is 5.78 Å². The summed E-state index contributed by atoms with van der Waals surface area (Å²) in [5.74, 6) is 3.02. The van der Waals surface area contributed by atoms with Gasteiger partial charge >= 0.3 is 0 Å². The molecule has 0 aromatic heterocycles. The SMILES string of the molecule is C#CCOCCOCCOCCOCCOCCOCCOCCOCCOCCOCCOCCOCCOCCC(=O)C1CCC1. The Morgan fingerprint density at radius 1 is 0.396 bits per heavy atom. The Morgan fingerprint density at radius 2 is 0.625 bits per heavy atom. The molecule has 1 saturated carbocycles. The molecule has 1 aliphatic carbocycles. The summed E-state index contributed by atoms with van der Waals surface area (Å²) in [5, 5.41) is 0. The van der Waals surface area contributed by atoms with Gasteiger partial charge in [0.2, 0.25) is 0 Å². The smallest absolute Gasteiger partial charge is 0.138 e. The van der Waals surface area contributed by atoms with E-state index in [2.05, 4.69) is 5.92 Å². The summed E-state index contributed by atoms with van der Waals surface area (Å²) in [6, 6.07) is 0. The van der Waals surface area contributed by atoms with Crippen LogP contribution < -0.4 is 0 Å². The zero-order chi connectivity index (χ0) is 34.3. The molecule has 0 spiro atoms. The van der Waals surface area contributed by atoms with Crippen molar-refractivity contribution in [3.8, 4) is 12.3 Å². The van der Waals surface area contributed by atoms with Crippen LogP contribution in [0.25, 0.3) is 0 Å². The Kier molecular flexibility index (Phi) is 35.9. The van der Waals surface area contributed by atoms with Crippen molar-refractivity contribution in [3.05, 3.63) is 0 Å². The second-order valence-corrected chi connectivity index (χ2v) is 10.4. The maximum Gasteiger partial charge on any atom is 0.138 e. The van der Waals surface area contributed by atoms with Gasteiger partial charge in [0.05, 0.1) is 165 Å². The zero-order valence-corrected chi connectivity index (χ0v) is 29.1. The molecule has 0 heterocycles. The summed E-state index contributed by atoms with van der Waals surface area (Å²) in [4.78, 5) is 11.8. The van der Waals surface area contributed by atoms with Gasteiger partial charge in [-0.3, -0.25) is 4.79 Å². The minimum absolute atomic E-state index is 0.289. The molecule has 0 radical (unpaired) electrons. The molecule has 0 aromatic carbocycles. The number of ether oxygens (including phenoxy) is 13. The Bertz CT molecular complexity index is 704. The Balaban J connectivity index is 1.60. The molecule has 14 nitrogen and oxygen atoms in total. The van der Waals surface area contributed by atoms with Crippen LogP contribution >= 0.6 is 0 Å². The van der Waals surface area contributed by atoms with E-state index in [1.54, 1.807) is 0 Å². The second-order valence-electron chi connectivity index (χ2n) is 10.4. The van der Waals surface area contributed by atoms with E-state index in [1.165, 1.54) is 6.42 Å². The molecule has 48 heavy (non-hydrogen) atoms. The largest absolute Gasteiger partial charge is 0.379 e. The molecule has 0 unspecified atom stereocenters. The normalized spacial score (nSPS) is 13.1. The highest BCUT2D eigenvalue weighted by Crippen LogP contribution is 2.27. The van der Waals surface area contributed by atoms with Gasteiger partial charge in [0.25, 0.3) is 0 Å². The quantitative estimate of drug-likeness (QED) is 0.0677. The van der Waals surface area contributed by atoms with E-state index >= 15 is 0 Å². The molecular weight excluding hydrogens is 632 g/mol. The van der Waals surface area contributed by atoms with E-state index in [0.29, 0.717) is 184 Å². The van der Waals surface area contributed by atoms with Crippen LogP contribution in [0.4, 0.5) is 0 Å². The fraction of sp³-hybridized carbons (Fsp3) is 0.912. The van der Waals surface area contributed by atoms with Crippen molar-refractivity contribution < 1.29 is 66.4 Å². The first-order valence-corrected chi connectivity index (χ1v) is 17.3. The number of hydrogen-bond donors (Lipinski definition) is 0. The number of hydrogen-bond acceptors (Lipinski definition) is 14. The third-order valence-electron chi connectivity index (χ3n) is 6.70. The molecule has 0 bridgehead atoms. The Morgan fingerprint density at radius 3 is 0.833 bits per heavy atom. The van der Waals surface area contributed by atoms with Crippen LogP contribution in [-0.2, 0) is 66.4 Å². The lowest BCUT2D eigenvalue weighted by atomic mass is 9.81. The fourth-order valence-corrected chi connectivity index (χ4v) is 3.88. The van der Waals surface area contributed by atoms with E-state index < -0.39 is 0 Å². The van der Waals surface area contributed by atoms with Crippen LogP contribution in [-0.4, -0.2) is 178 Å². The minimum Gasteiger partial charge on any atom is -0.379 e. The zero-order valence-electron chi connectivity index (χ0n) is 29.1. The highest BCUT2D eigenvalue weighted by atomic mass is 16.6. The summed E-state index contributed by atoms with van der Waals surface area (Å²) < 4.78 is 70.5. The maximum absolute atomic E-state index is 11.8. The highest BCUT2D eigenvalue weighted by molar-refractivity contribution is 5.81. The number of Topliss-reactive ketones (excluding diaryl/α,β-unsaturated/α-hetero) is 1. The van der Waals surface area contributed by atoms with Gasteiger partial charge < -0.3 is 61.6 Å². The van der Waals surface area contributed by atoms with E-state index in [0.717, 1.165) is 12.8 Å². The molecule has 0 N–H and O–H groups in total. The molecule has 14 heteroatoms. The average Bonchev–Trinajstić information content (AvgIpc) is 3.06. The van der Waals surface area contributed by atoms with E-state index in [4.69, 9.17) is 68.0 Å². The van der Waals surface area contributed by atoms with E-state index in [-0.39, 0.29) is 5.92 Å². The predicted octanol–water partition coefficient (Wildman–Crippen LogP) is 1.59. The first kappa shape index (κ1) is 44.7. The van der Waals surface area contributed by atoms with Gasteiger partial charge in [0, 0.05) is 12.3 Å². The van der Waals surface area contributed by atoms with Gasteiger partial charge in [-0.05, 0) is 12.8 Å². The molecule has 0 aliphatic heterocycles. The summed E-state index contributed by atoms with van der Waals surface area (Å²) in [6.07, 6.45) is 8.88. The monoisotopic (exact) mass is 694 g/mol. The van der Waals surface area contributed by atoms with Crippen molar-refractivity contribution in [2.75, 3.05) is 172 Å². The number of carbonyl (C=O) groups excluding carboxylic acids is 1. The number of rotatable bonds is 41. The van der Waals surface area contributed by atoms with Crippen molar-refractivity contribution in [1.29, 1.82) is 0 Å². The molecule has 1 rings (SSSR count). The fourth-order valence-electron chi connectivity index (χ4n) is 3.88. The first-order chi connectivity index (χ1) is 23.8. The van der Waals surface area contributed by atoms with Crippen LogP contribution in [0.2, 0.25) is 0 Å². The third kappa shape index (κ3) is 33.2. The molecular formula is C34H62O14. The van der Waals surface area contributed by atoms with Crippen LogP contribution in [0.1, 0.15) is 25.7 Å². The lowest BCUT2D eigenvalue weighted by Crippen LogP contribution is -2.23. The van der Waals surface area contributed by atoms with Gasteiger partial charge in [0.1, 0.15) is 12.4 Å². The van der Waals surface area contributed by atoms with Crippen LogP contribution in [0, 0.1) is 18.3 Å². The van der Waals surface area contributed by atoms with Crippen molar-refractivity contribution in [3.63, 3.8) is 0 Å². The standard InChI is InChI=1S/C34H62O14/c1-2-7-36-9-11-38-13-15-40-17-19-42-21-23-44-25-27-46-29-31-48-32-30-47-28-26-45-24-22-43-20-18-41-16-14-39-12-10-37-8-6-34(35)33-4-3-5-33/h1,33H,3-32H2. The van der Waals surface area contributed by atoms with Gasteiger partial charge in [0.15, 0.2) is 0 Å². The predicted molar refractivity (Wildman–Crippen MR) is 176 cm³/mol. The Labute approximate surface area is 287 Å². The minimum atomic E-state index is 0.289. The Hall–Kier alpha value is -1.29. The molecule has 0 saturated heterocycles. The van der Waals surface area contributed by atoms with Crippen molar-refractivity contribution in [1.82, 2.24) is 0 Å². The summed E-state index contributed by atoms with van der Waals surface area (Å²) >= 11 is 0. The third-order valence-corrected chi connectivity index (χ3v) is 6.70. The van der Waals surface area contributed by atoms with Gasteiger partial charge in [-0.1, -0.05) is 12.3 Å². The van der Waals surface area contributed by atoms with E-state index in [1.807, 2.05) is 0 Å². The maximum atomic E-state index is 11.8. The van der Waals surface area contributed by atoms with Crippen LogP contribution in [0.3, 0.4) is 0 Å². The molecule has 0 amide bonds. The topological polar surface area (TPSA) is 137 Å². The van der Waals surface area contributed by atoms with Crippen molar-refractivity contribution in [2.24, 2.45) is 5.92 Å². The molecule has 1 aliphatic rings. The molecule has 0 aromatic rings. The molecule has 1 fully saturated rings. The first-order valence-electron chi connectivity index (χ1n) is 17.3. The lowest BCUT2D eigenvalue weighted by Gasteiger charge is -2.23. The highest BCUT2D eigenvalue weighted by Gasteiger charge is 2.24. The summed E-state index contributed by atoms with van der Waals surface area (Å²) in [6.45, 7) is 12.8. The van der Waals surface area contributed by atoms with Gasteiger partial charge in [-0.15, -0.1) is 6.42 Å². The number of terminal acetylenes is 1. The summed E-state index contributed by atoms with van der Waals surface area (Å²) in [7, 11) is 0. The van der Waals surface area contributed by atoms with Crippen molar-refractivity contribution in [2.45, 2.75) is 25.7 Å². The second kappa shape index (κ2) is 38.5. The average molecular weight is 695 g/mol. The van der Waals surface area contributed by atoms with Gasteiger partial charge in [-0.25, -0.2) is 0 Å². The van der Waals surface area contributed by atoms with Gasteiger partial charge in [-0.2, -0.15) is 0 Å². The van der Waals surface area contributed by atoms with Crippen LogP contribution in [0.15, 0.2) is 0 Å².